The molecule has 1 heterocycles. The number of fused-ring (bicyclic) bond motifs is 1. The first-order valence-corrected chi connectivity index (χ1v) is 6.87. The summed E-state index contributed by atoms with van der Waals surface area (Å²) in [5.41, 5.74) is 3.84. The van der Waals surface area contributed by atoms with Crippen LogP contribution < -0.4 is 0 Å². The minimum absolute atomic E-state index is 0.164. The van der Waals surface area contributed by atoms with Crippen LogP contribution in [-0.4, -0.2) is 33.6 Å². The molecule has 22 heavy (non-hydrogen) atoms. The molecule has 2 N–H and O–H groups in total. The third-order valence-corrected chi connectivity index (χ3v) is 3.54. The summed E-state index contributed by atoms with van der Waals surface area (Å²) in [7, 11) is 1.37. The first kappa shape index (κ1) is 14.1. The van der Waals surface area contributed by atoms with E-state index in [-0.39, 0.29) is 11.7 Å². The number of phenols is 1. The molecule has 0 fully saturated rings. The van der Waals surface area contributed by atoms with E-state index >= 15 is 0 Å². The van der Waals surface area contributed by atoms with E-state index in [1.165, 1.54) is 7.11 Å². The Morgan fingerprint density at radius 2 is 2.09 bits per heavy atom. The zero-order valence-corrected chi connectivity index (χ0v) is 12.0. The lowest BCUT2D eigenvalue weighted by atomic mass is 9.99. The van der Waals surface area contributed by atoms with E-state index in [1.54, 1.807) is 12.1 Å². The molecule has 0 bridgehead atoms. The molecule has 3 rings (SSSR count). The van der Waals surface area contributed by atoms with Crippen LogP contribution in [0, 0.1) is 0 Å². The van der Waals surface area contributed by atoms with Crippen LogP contribution in [0.3, 0.4) is 0 Å². The highest BCUT2D eigenvalue weighted by molar-refractivity contribution is 5.93. The van der Waals surface area contributed by atoms with Gasteiger partial charge in [0.15, 0.2) is 0 Å². The van der Waals surface area contributed by atoms with Gasteiger partial charge in [-0.2, -0.15) is 15.4 Å². The minimum Gasteiger partial charge on any atom is -0.507 e. The normalized spacial score (nSPS) is 10.8. The number of aryl methyl sites for hydroxylation is 1. The number of benzene rings is 2. The largest absolute Gasteiger partial charge is 0.507 e. The number of nitrogens with zero attached hydrogens (tertiary/aromatic N) is 2. The Morgan fingerprint density at radius 1 is 1.23 bits per heavy atom. The number of ether oxygens (including phenoxy) is 1. The Labute approximate surface area is 126 Å². The number of hydrogen-bond acceptors (Lipinski definition) is 5. The Bertz CT molecular complexity index is 826. The van der Waals surface area contributed by atoms with Crippen LogP contribution in [0.2, 0.25) is 0 Å². The minimum atomic E-state index is -0.256. The summed E-state index contributed by atoms with van der Waals surface area (Å²) in [5.74, 6) is -0.0921. The van der Waals surface area contributed by atoms with Crippen molar-refractivity contribution in [2.24, 2.45) is 0 Å². The van der Waals surface area contributed by atoms with Gasteiger partial charge in [-0.3, -0.25) is 4.79 Å². The van der Waals surface area contributed by atoms with Crippen molar-refractivity contribution in [1.82, 2.24) is 15.4 Å². The van der Waals surface area contributed by atoms with Gasteiger partial charge in [-0.1, -0.05) is 18.2 Å². The van der Waals surface area contributed by atoms with Crippen LogP contribution in [0.5, 0.6) is 5.75 Å². The standard InChI is InChI=1S/C16H15N3O3/c1-22-15(21)8-6-10-5-7-14(20)12(9-10)11-3-2-4-13-16(11)18-19-17-13/h2-5,7,9,20H,6,8H2,1H3,(H,17,18,19). The molecule has 6 heteroatoms. The molecule has 0 unspecified atom stereocenters. The van der Waals surface area contributed by atoms with Gasteiger partial charge in [0, 0.05) is 17.5 Å². The van der Waals surface area contributed by atoms with Crippen molar-refractivity contribution in [3.05, 3.63) is 42.0 Å². The van der Waals surface area contributed by atoms with Gasteiger partial charge in [-0.25, -0.2) is 0 Å². The molecule has 3 aromatic rings. The Hall–Kier alpha value is -2.89. The van der Waals surface area contributed by atoms with Gasteiger partial charge in [0.05, 0.1) is 7.11 Å². The van der Waals surface area contributed by atoms with Crippen molar-refractivity contribution in [2.45, 2.75) is 12.8 Å². The molecule has 0 aliphatic carbocycles. The number of para-hydroxylation sites is 1. The molecular weight excluding hydrogens is 282 g/mol. The molecule has 0 aliphatic rings. The van der Waals surface area contributed by atoms with Crippen LogP contribution >= 0.6 is 0 Å². The molecule has 2 aromatic carbocycles. The average molecular weight is 297 g/mol. The first-order chi connectivity index (χ1) is 10.7. The van der Waals surface area contributed by atoms with Crippen molar-refractivity contribution in [3.8, 4) is 16.9 Å². The SMILES string of the molecule is COC(=O)CCc1ccc(O)c(-c2cccc3n[nH]nc23)c1. The number of hydrogen-bond donors (Lipinski definition) is 2. The number of aromatic hydroxyl groups is 1. The maximum absolute atomic E-state index is 11.3. The summed E-state index contributed by atoms with van der Waals surface area (Å²) in [6.45, 7) is 0. The lowest BCUT2D eigenvalue weighted by Gasteiger charge is -2.08. The fourth-order valence-electron chi connectivity index (χ4n) is 2.39. The molecule has 0 saturated heterocycles. The second kappa shape index (κ2) is 5.85. The number of aromatic amines is 1. The summed E-state index contributed by atoms with van der Waals surface area (Å²) in [4.78, 5) is 11.3. The van der Waals surface area contributed by atoms with E-state index in [9.17, 15) is 9.90 Å². The van der Waals surface area contributed by atoms with E-state index in [4.69, 9.17) is 0 Å². The maximum atomic E-state index is 11.3. The summed E-state index contributed by atoms with van der Waals surface area (Å²) in [6, 6.07) is 10.9. The summed E-state index contributed by atoms with van der Waals surface area (Å²) < 4.78 is 4.65. The fourth-order valence-corrected chi connectivity index (χ4v) is 2.39. The van der Waals surface area contributed by atoms with Crippen molar-refractivity contribution in [2.75, 3.05) is 7.11 Å². The van der Waals surface area contributed by atoms with E-state index in [2.05, 4.69) is 20.1 Å². The van der Waals surface area contributed by atoms with Gasteiger partial charge in [-0.05, 0) is 30.2 Å². The Morgan fingerprint density at radius 3 is 2.91 bits per heavy atom. The molecule has 112 valence electrons. The highest BCUT2D eigenvalue weighted by atomic mass is 16.5. The van der Waals surface area contributed by atoms with Crippen LogP contribution in [0.1, 0.15) is 12.0 Å². The molecule has 1 aromatic heterocycles. The lowest BCUT2D eigenvalue weighted by molar-refractivity contribution is -0.140. The number of carbonyl (C=O) groups excluding carboxylic acids is 1. The highest BCUT2D eigenvalue weighted by Gasteiger charge is 2.12. The monoisotopic (exact) mass is 297 g/mol. The molecule has 6 nitrogen and oxygen atoms in total. The second-order valence-corrected chi connectivity index (χ2v) is 4.92. The molecule has 0 radical (unpaired) electrons. The van der Waals surface area contributed by atoms with Crippen molar-refractivity contribution >= 4 is 17.0 Å². The highest BCUT2D eigenvalue weighted by Crippen LogP contribution is 2.33. The van der Waals surface area contributed by atoms with Crippen molar-refractivity contribution in [3.63, 3.8) is 0 Å². The van der Waals surface area contributed by atoms with Crippen molar-refractivity contribution < 1.29 is 14.6 Å². The van der Waals surface area contributed by atoms with E-state index in [1.807, 2.05) is 24.3 Å². The van der Waals surface area contributed by atoms with Crippen LogP contribution in [0.4, 0.5) is 0 Å². The number of H-pyrrole nitrogens is 1. The van der Waals surface area contributed by atoms with Crippen LogP contribution in [-0.2, 0) is 16.0 Å². The predicted molar refractivity (Wildman–Crippen MR) is 81.3 cm³/mol. The maximum Gasteiger partial charge on any atom is 0.305 e. The topological polar surface area (TPSA) is 88.1 Å². The van der Waals surface area contributed by atoms with E-state index in [0.717, 1.165) is 16.6 Å². The van der Waals surface area contributed by atoms with Crippen LogP contribution in [0.25, 0.3) is 22.2 Å². The zero-order chi connectivity index (χ0) is 15.5. The van der Waals surface area contributed by atoms with Crippen LogP contribution in [0.15, 0.2) is 36.4 Å². The number of esters is 1. The molecule has 0 saturated carbocycles. The third kappa shape index (κ3) is 2.63. The van der Waals surface area contributed by atoms with Gasteiger partial charge >= 0.3 is 5.97 Å². The van der Waals surface area contributed by atoms with E-state index < -0.39 is 0 Å². The number of nitrogens with one attached hydrogen (secondary N) is 1. The number of phenolic OH excluding ortho intramolecular Hbond substituents is 1. The Balaban J connectivity index is 1.99. The second-order valence-electron chi connectivity index (χ2n) is 4.92. The summed E-state index contributed by atoms with van der Waals surface area (Å²) >= 11 is 0. The van der Waals surface area contributed by atoms with Gasteiger partial charge < -0.3 is 9.84 Å². The van der Waals surface area contributed by atoms with Gasteiger partial charge in [0.2, 0.25) is 0 Å². The number of methoxy groups -OCH3 is 1. The van der Waals surface area contributed by atoms with Gasteiger partial charge in [0.25, 0.3) is 0 Å². The number of carbonyl (C=O) groups is 1. The zero-order valence-electron chi connectivity index (χ0n) is 12.0. The molecule has 0 atom stereocenters. The predicted octanol–water partition coefficient (Wildman–Crippen LogP) is 2.44. The molecule has 0 amide bonds. The fraction of sp³-hybridized carbons (Fsp3) is 0.188. The number of rotatable bonds is 4. The first-order valence-electron chi connectivity index (χ1n) is 6.87. The Kier molecular flexibility index (Phi) is 3.74. The van der Waals surface area contributed by atoms with Gasteiger partial charge in [-0.15, -0.1) is 0 Å². The number of aromatic nitrogens is 3. The summed E-state index contributed by atoms with van der Waals surface area (Å²) in [6.07, 6.45) is 0.851. The van der Waals surface area contributed by atoms with Crippen molar-refractivity contribution in [1.29, 1.82) is 0 Å². The average Bonchev–Trinajstić information content (AvgIpc) is 3.02. The van der Waals surface area contributed by atoms with Gasteiger partial charge in [0.1, 0.15) is 16.8 Å². The molecular formula is C16H15N3O3. The van der Waals surface area contributed by atoms with E-state index in [0.29, 0.717) is 23.9 Å². The smallest absolute Gasteiger partial charge is 0.305 e. The molecule has 0 spiro atoms. The summed E-state index contributed by atoms with van der Waals surface area (Å²) in [5, 5.41) is 20.9. The quantitative estimate of drug-likeness (QED) is 0.722. The third-order valence-electron chi connectivity index (χ3n) is 3.54. The lowest BCUT2D eigenvalue weighted by Crippen LogP contribution is -2.01. The molecule has 0 aliphatic heterocycles.